The number of anilines is 1. The predicted molar refractivity (Wildman–Crippen MR) is 121 cm³/mol. The summed E-state index contributed by atoms with van der Waals surface area (Å²) in [6.07, 6.45) is 6.39. The first-order valence-corrected chi connectivity index (χ1v) is 10.1. The Balaban J connectivity index is 1.55. The smallest absolute Gasteiger partial charge is 0.275 e. The lowest BCUT2D eigenvalue weighted by Crippen LogP contribution is -2.34. The van der Waals surface area contributed by atoms with Crippen molar-refractivity contribution < 1.29 is 13.9 Å². The average molecular weight is 444 g/mol. The van der Waals surface area contributed by atoms with E-state index in [2.05, 4.69) is 37.1 Å². The molecule has 4 rings (SSSR count). The number of amidine groups is 1. The highest BCUT2D eigenvalue weighted by Gasteiger charge is 2.34. The van der Waals surface area contributed by atoms with Gasteiger partial charge in [0.15, 0.2) is 6.61 Å². The number of pyridine rings is 1. The minimum absolute atomic E-state index is 0.0855. The number of halogens is 1. The van der Waals surface area contributed by atoms with Crippen LogP contribution in [0.2, 0.25) is 0 Å². The molecule has 1 aromatic carbocycles. The van der Waals surface area contributed by atoms with E-state index in [1.54, 1.807) is 32.3 Å². The normalized spacial score (nSPS) is 16.6. The molecule has 1 aliphatic rings. The maximum Gasteiger partial charge on any atom is 0.275 e. The van der Waals surface area contributed by atoms with Crippen LogP contribution in [0.1, 0.15) is 41.0 Å². The monoisotopic (exact) mass is 444 g/mol. The molecule has 0 aliphatic carbocycles. The molecule has 166 valence electrons. The zero-order valence-electron chi connectivity index (χ0n) is 18.1. The molecular formula is C24H21FN6O2. The van der Waals surface area contributed by atoms with Crippen molar-refractivity contribution in [1.82, 2.24) is 15.0 Å². The van der Waals surface area contributed by atoms with E-state index in [9.17, 15) is 9.18 Å². The van der Waals surface area contributed by atoms with Crippen molar-refractivity contribution in [2.75, 3.05) is 11.9 Å². The minimum atomic E-state index is -0.941. The van der Waals surface area contributed by atoms with Crippen molar-refractivity contribution in [1.29, 1.82) is 0 Å². The highest BCUT2D eigenvalue weighted by Crippen LogP contribution is 2.37. The van der Waals surface area contributed by atoms with Crippen LogP contribution in [0, 0.1) is 17.7 Å². The van der Waals surface area contributed by atoms with Crippen LogP contribution in [0.15, 0.2) is 54.0 Å². The molecule has 0 saturated carbocycles. The first kappa shape index (κ1) is 21.9. The van der Waals surface area contributed by atoms with Gasteiger partial charge >= 0.3 is 0 Å². The molecule has 0 spiro atoms. The number of nitrogens with two attached hydrogens (primary N) is 1. The van der Waals surface area contributed by atoms with Gasteiger partial charge < -0.3 is 15.8 Å². The number of hydrogen-bond donors (Lipinski definition) is 2. The lowest BCUT2D eigenvalue weighted by Gasteiger charge is -2.32. The highest BCUT2D eigenvalue weighted by atomic mass is 19.1. The summed E-state index contributed by atoms with van der Waals surface area (Å²) in [5.41, 5.74) is 7.67. The third kappa shape index (κ3) is 4.65. The van der Waals surface area contributed by atoms with Crippen LogP contribution in [0.25, 0.3) is 0 Å². The molecule has 3 heterocycles. The van der Waals surface area contributed by atoms with Gasteiger partial charge in [-0.1, -0.05) is 5.92 Å². The van der Waals surface area contributed by atoms with Crippen molar-refractivity contribution >= 4 is 17.4 Å². The summed E-state index contributed by atoms with van der Waals surface area (Å²) in [4.78, 5) is 29.4. The van der Waals surface area contributed by atoms with Gasteiger partial charge in [0.25, 0.3) is 5.91 Å². The molecule has 9 heteroatoms. The van der Waals surface area contributed by atoms with Gasteiger partial charge in [-0.05, 0) is 43.7 Å². The number of carbonyl (C=O) groups is 1. The van der Waals surface area contributed by atoms with Crippen molar-refractivity contribution in [3.8, 4) is 17.7 Å². The SMILES string of the molecule is CC#CCOc1cnc(C(=O)Nc2ccc(F)c(C3(C)Cc4ccncc4C(N)=N3)c2)cn1. The Hall–Kier alpha value is -4.32. The number of aromatic nitrogens is 3. The first-order chi connectivity index (χ1) is 15.9. The number of amides is 1. The van der Waals surface area contributed by atoms with E-state index in [1.165, 1.54) is 24.5 Å². The quantitative estimate of drug-likeness (QED) is 0.585. The second-order valence-corrected chi connectivity index (χ2v) is 7.58. The van der Waals surface area contributed by atoms with Gasteiger partial charge in [-0.3, -0.25) is 14.8 Å². The largest absolute Gasteiger partial charge is 0.463 e. The summed E-state index contributed by atoms with van der Waals surface area (Å²) in [6, 6.07) is 6.17. The Bertz CT molecular complexity index is 1300. The third-order valence-electron chi connectivity index (χ3n) is 5.22. The molecule has 1 unspecified atom stereocenters. The zero-order chi connectivity index (χ0) is 23.4. The molecule has 1 atom stereocenters. The topological polar surface area (TPSA) is 115 Å². The fourth-order valence-corrected chi connectivity index (χ4v) is 3.60. The number of ether oxygens (including phenoxy) is 1. The number of carbonyl (C=O) groups excluding carboxylic acids is 1. The first-order valence-electron chi connectivity index (χ1n) is 10.1. The van der Waals surface area contributed by atoms with Crippen LogP contribution in [-0.2, 0) is 12.0 Å². The van der Waals surface area contributed by atoms with Crippen molar-refractivity contribution in [2.45, 2.75) is 25.8 Å². The summed E-state index contributed by atoms with van der Waals surface area (Å²) in [5, 5.41) is 2.72. The molecule has 8 nitrogen and oxygen atoms in total. The Morgan fingerprint density at radius 1 is 1.27 bits per heavy atom. The van der Waals surface area contributed by atoms with Gasteiger partial charge in [0.1, 0.15) is 17.3 Å². The standard InChI is InChI=1S/C24H21FN6O2/c1-3-4-9-33-21-14-28-20(13-29-21)23(32)30-16-5-6-19(25)18(10-16)24(2)11-15-7-8-27-12-17(15)22(26)31-24/h5-8,10,12-14H,9,11H2,1-2H3,(H2,26,31)(H,30,32). The minimum Gasteiger partial charge on any atom is -0.463 e. The number of rotatable bonds is 5. The summed E-state index contributed by atoms with van der Waals surface area (Å²) in [7, 11) is 0. The lowest BCUT2D eigenvalue weighted by atomic mass is 9.82. The Labute approximate surface area is 190 Å². The number of aliphatic imine (C=N–C) groups is 1. The van der Waals surface area contributed by atoms with E-state index in [0.29, 0.717) is 23.5 Å². The Morgan fingerprint density at radius 3 is 2.88 bits per heavy atom. The molecule has 1 aliphatic heterocycles. The zero-order valence-corrected chi connectivity index (χ0v) is 18.1. The average Bonchev–Trinajstić information content (AvgIpc) is 2.81. The molecule has 33 heavy (non-hydrogen) atoms. The van der Waals surface area contributed by atoms with Crippen LogP contribution < -0.4 is 15.8 Å². The number of benzene rings is 1. The van der Waals surface area contributed by atoms with Crippen molar-refractivity contribution in [3.63, 3.8) is 0 Å². The van der Waals surface area contributed by atoms with E-state index in [0.717, 1.165) is 11.1 Å². The molecule has 0 saturated heterocycles. The second-order valence-electron chi connectivity index (χ2n) is 7.58. The van der Waals surface area contributed by atoms with Gasteiger partial charge in [0, 0.05) is 35.6 Å². The van der Waals surface area contributed by atoms with Crippen LogP contribution in [0.5, 0.6) is 5.88 Å². The van der Waals surface area contributed by atoms with Crippen LogP contribution >= 0.6 is 0 Å². The molecule has 0 fully saturated rings. The second kappa shape index (κ2) is 9.04. The van der Waals surface area contributed by atoms with Crippen LogP contribution in [-0.4, -0.2) is 33.3 Å². The Kier molecular flexibility index (Phi) is 6.00. The molecular weight excluding hydrogens is 423 g/mol. The van der Waals surface area contributed by atoms with Gasteiger partial charge in [0.2, 0.25) is 5.88 Å². The van der Waals surface area contributed by atoms with E-state index in [4.69, 9.17) is 10.5 Å². The molecule has 2 aromatic heterocycles. The van der Waals surface area contributed by atoms with Crippen LogP contribution in [0.4, 0.5) is 10.1 Å². The molecule has 0 radical (unpaired) electrons. The fourth-order valence-electron chi connectivity index (χ4n) is 3.60. The number of nitrogens with one attached hydrogen (secondary N) is 1. The van der Waals surface area contributed by atoms with Gasteiger partial charge in [-0.2, -0.15) is 0 Å². The van der Waals surface area contributed by atoms with Gasteiger partial charge in [-0.15, -0.1) is 5.92 Å². The maximum atomic E-state index is 14.9. The van der Waals surface area contributed by atoms with Crippen molar-refractivity contribution in [2.24, 2.45) is 10.7 Å². The lowest BCUT2D eigenvalue weighted by molar-refractivity contribution is 0.102. The molecule has 3 N–H and O–H groups in total. The van der Waals surface area contributed by atoms with E-state index in [1.807, 2.05) is 6.07 Å². The predicted octanol–water partition coefficient (Wildman–Crippen LogP) is 2.84. The van der Waals surface area contributed by atoms with Gasteiger partial charge in [0.05, 0.1) is 17.9 Å². The van der Waals surface area contributed by atoms with E-state index >= 15 is 0 Å². The third-order valence-corrected chi connectivity index (χ3v) is 5.22. The number of hydrogen-bond acceptors (Lipinski definition) is 7. The summed E-state index contributed by atoms with van der Waals surface area (Å²) < 4.78 is 20.1. The van der Waals surface area contributed by atoms with Crippen LogP contribution in [0.3, 0.4) is 0 Å². The molecule has 3 aromatic rings. The fraction of sp³-hybridized carbons (Fsp3) is 0.208. The van der Waals surface area contributed by atoms with Gasteiger partial charge in [-0.25, -0.2) is 14.4 Å². The molecule has 0 bridgehead atoms. The Morgan fingerprint density at radius 2 is 2.12 bits per heavy atom. The summed E-state index contributed by atoms with van der Waals surface area (Å²) in [6.45, 7) is 3.69. The number of fused-ring (bicyclic) bond motifs is 1. The summed E-state index contributed by atoms with van der Waals surface area (Å²) >= 11 is 0. The molecule has 1 amide bonds. The maximum absolute atomic E-state index is 14.9. The van der Waals surface area contributed by atoms with E-state index < -0.39 is 17.3 Å². The number of nitrogens with zero attached hydrogens (tertiary/aromatic N) is 4. The summed E-state index contributed by atoms with van der Waals surface area (Å²) in [5.74, 6) is 5.07. The van der Waals surface area contributed by atoms with Crippen molar-refractivity contribution in [3.05, 3.63) is 77.3 Å². The van der Waals surface area contributed by atoms with E-state index in [-0.39, 0.29) is 18.2 Å². The highest BCUT2D eigenvalue weighted by molar-refractivity contribution is 6.03.